The van der Waals surface area contributed by atoms with E-state index in [1.165, 1.54) is 10.9 Å². The van der Waals surface area contributed by atoms with Gasteiger partial charge in [-0.05, 0) is 18.2 Å². The fourth-order valence-corrected chi connectivity index (χ4v) is 3.15. The van der Waals surface area contributed by atoms with Crippen molar-refractivity contribution in [1.29, 1.82) is 0 Å². The first kappa shape index (κ1) is 23.1. The third-order valence-electron chi connectivity index (χ3n) is 4.81. The van der Waals surface area contributed by atoms with Gasteiger partial charge in [-0.15, -0.1) is 5.10 Å². The molecule has 0 aliphatic carbocycles. The minimum atomic E-state index is -1.80. The zero-order chi connectivity index (χ0) is 23.4. The largest absolute Gasteiger partial charge is 0.478 e. The van der Waals surface area contributed by atoms with Crippen molar-refractivity contribution in [2.45, 2.75) is 37.0 Å². The molecule has 13 nitrogen and oxygen atoms in total. The van der Waals surface area contributed by atoms with Gasteiger partial charge >= 0.3 is 5.97 Å². The first-order valence-electron chi connectivity index (χ1n) is 9.52. The van der Waals surface area contributed by atoms with Crippen LogP contribution in [0.1, 0.15) is 0 Å². The van der Waals surface area contributed by atoms with Crippen molar-refractivity contribution in [2.75, 3.05) is 12.3 Å². The molecule has 2 aromatic rings. The zero-order valence-corrected chi connectivity index (χ0v) is 16.6. The molecule has 32 heavy (non-hydrogen) atoms. The number of carbonyl (C=O) groups excluding carboxylic acids is 1. The molecule has 1 aromatic carbocycles. The summed E-state index contributed by atoms with van der Waals surface area (Å²) < 4.78 is 6.40. The van der Waals surface area contributed by atoms with Gasteiger partial charge in [0.1, 0.15) is 30.6 Å². The summed E-state index contributed by atoms with van der Waals surface area (Å²) in [4.78, 5) is 23.7. The predicted octanol–water partition coefficient (Wildman–Crippen LogP) is -2.55. The molecule has 1 aromatic heterocycles. The number of carboxylic acids is 1. The van der Waals surface area contributed by atoms with E-state index in [1.54, 1.807) is 24.3 Å². The van der Waals surface area contributed by atoms with Crippen LogP contribution in [0.3, 0.4) is 0 Å². The molecule has 1 aliphatic rings. The standard InChI is InChI=1S/C19H23N5O8/c20-10-3-1-9(2-4-10)11-6-24(23-22-11)7-15(28)21-16-12(26)5-14(19(30)31)32-18(16)17(29)13(27)8-25/h1-6,12-13,16-18,25-27,29H,7-8,20H2,(H,21,28)(H,30,31)/t12-,13+,16+,17+,18+/m0/s1. The number of nitrogens with two attached hydrogens (primary N) is 1. The summed E-state index contributed by atoms with van der Waals surface area (Å²) in [6, 6.07) is 5.55. The monoisotopic (exact) mass is 449 g/mol. The number of hydrogen-bond acceptors (Lipinski definition) is 10. The number of benzene rings is 1. The predicted molar refractivity (Wildman–Crippen MR) is 107 cm³/mol. The molecule has 0 unspecified atom stereocenters. The third-order valence-corrected chi connectivity index (χ3v) is 4.81. The summed E-state index contributed by atoms with van der Waals surface area (Å²) in [5.41, 5.74) is 7.46. The number of aromatic nitrogens is 3. The lowest BCUT2D eigenvalue weighted by atomic mass is 9.94. The molecule has 0 spiro atoms. The number of rotatable bonds is 8. The molecule has 1 amide bonds. The number of anilines is 1. The van der Waals surface area contributed by atoms with E-state index in [1.807, 2.05) is 0 Å². The lowest BCUT2D eigenvalue weighted by Gasteiger charge is -2.38. The van der Waals surface area contributed by atoms with Crippen LogP contribution < -0.4 is 11.1 Å². The van der Waals surface area contributed by atoms with Crippen molar-refractivity contribution in [1.82, 2.24) is 20.3 Å². The first-order valence-corrected chi connectivity index (χ1v) is 9.52. The van der Waals surface area contributed by atoms with Crippen molar-refractivity contribution in [3.05, 3.63) is 42.3 Å². The van der Waals surface area contributed by atoms with Crippen LogP contribution in [0.2, 0.25) is 0 Å². The number of carboxylic acid groups (broad SMARTS) is 1. The number of amides is 1. The Morgan fingerprint density at radius 2 is 1.94 bits per heavy atom. The van der Waals surface area contributed by atoms with Crippen LogP contribution >= 0.6 is 0 Å². The van der Waals surface area contributed by atoms with Crippen LogP contribution in [-0.4, -0.2) is 89.5 Å². The quantitative estimate of drug-likeness (QED) is 0.208. The van der Waals surface area contributed by atoms with Gasteiger partial charge in [0, 0.05) is 11.3 Å². The van der Waals surface area contributed by atoms with Crippen molar-refractivity contribution in [3.63, 3.8) is 0 Å². The van der Waals surface area contributed by atoms with Gasteiger partial charge in [0.25, 0.3) is 0 Å². The van der Waals surface area contributed by atoms with Gasteiger partial charge in [-0.2, -0.15) is 0 Å². The summed E-state index contributed by atoms with van der Waals surface area (Å²) in [5.74, 6) is -2.83. The number of aliphatic hydroxyl groups is 4. The van der Waals surface area contributed by atoms with E-state index in [4.69, 9.17) is 20.7 Å². The number of nitrogens with one attached hydrogen (secondary N) is 1. The number of aliphatic hydroxyl groups excluding tert-OH is 4. The molecule has 5 atom stereocenters. The minimum absolute atomic E-state index is 0.313. The minimum Gasteiger partial charge on any atom is -0.478 e. The molecule has 2 heterocycles. The maximum Gasteiger partial charge on any atom is 0.370 e. The number of nitrogen functional groups attached to an aromatic ring is 1. The molecular formula is C19H23N5O8. The summed E-state index contributed by atoms with van der Waals surface area (Å²) in [5, 5.41) is 58.8. The maximum atomic E-state index is 12.5. The molecule has 13 heteroatoms. The Hall–Kier alpha value is -3.52. The average Bonchev–Trinajstić information content (AvgIpc) is 3.22. The molecule has 1 aliphatic heterocycles. The normalized spacial score (nSPS) is 22.4. The molecule has 0 radical (unpaired) electrons. The van der Waals surface area contributed by atoms with Crippen molar-refractivity contribution < 1.29 is 39.9 Å². The third kappa shape index (κ3) is 5.20. The Balaban J connectivity index is 1.73. The van der Waals surface area contributed by atoms with Gasteiger partial charge in [0.2, 0.25) is 11.7 Å². The van der Waals surface area contributed by atoms with E-state index in [0.29, 0.717) is 11.4 Å². The molecule has 0 bridgehead atoms. The second-order valence-corrected chi connectivity index (χ2v) is 7.17. The fraction of sp³-hybridized carbons (Fsp3) is 0.368. The smallest absolute Gasteiger partial charge is 0.370 e. The molecular weight excluding hydrogens is 426 g/mol. The van der Waals surface area contributed by atoms with Gasteiger partial charge in [0.05, 0.1) is 18.8 Å². The molecule has 0 saturated heterocycles. The number of ether oxygens (including phenoxy) is 1. The fourth-order valence-electron chi connectivity index (χ4n) is 3.15. The van der Waals surface area contributed by atoms with E-state index in [9.17, 15) is 24.9 Å². The Labute approximate surface area is 181 Å². The van der Waals surface area contributed by atoms with Crippen LogP contribution in [0.5, 0.6) is 0 Å². The summed E-state index contributed by atoms with van der Waals surface area (Å²) >= 11 is 0. The summed E-state index contributed by atoms with van der Waals surface area (Å²) in [6.45, 7) is -1.16. The molecule has 172 valence electrons. The van der Waals surface area contributed by atoms with Crippen LogP contribution in [0.25, 0.3) is 11.3 Å². The molecule has 3 rings (SSSR count). The van der Waals surface area contributed by atoms with Gasteiger partial charge in [-0.3, -0.25) is 4.79 Å². The Morgan fingerprint density at radius 1 is 1.25 bits per heavy atom. The second-order valence-electron chi connectivity index (χ2n) is 7.17. The highest BCUT2D eigenvalue weighted by Gasteiger charge is 2.43. The number of aliphatic carboxylic acids is 1. The summed E-state index contributed by atoms with van der Waals surface area (Å²) in [6.07, 6.45) is -4.22. The van der Waals surface area contributed by atoms with Crippen LogP contribution in [0.4, 0.5) is 5.69 Å². The maximum absolute atomic E-state index is 12.5. The number of hydrogen-bond donors (Lipinski definition) is 7. The van der Waals surface area contributed by atoms with E-state index in [2.05, 4.69) is 15.6 Å². The number of carbonyl (C=O) groups is 2. The molecule has 0 saturated carbocycles. The highest BCUT2D eigenvalue weighted by molar-refractivity contribution is 5.84. The van der Waals surface area contributed by atoms with Crippen molar-refractivity contribution in [3.8, 4) is 11.3 Å². The second kappa shape index (κ2) is 9.74. The lowest BCUT2D eigenvalue weighted by molar-refractivity contribution is -0.149. The molecule has 8 N–H and O–H groups in total. The van der Waals surface area contributed by atoms with E-state index >= 15 is 0 Å². The highest BCUT2D eigenvalue weighted by atomic mass is 16.5. The van der Waals surface area contributed by atoms with E-state index in [-0.39, 0.29) is 6.54 Å². The van der Waals surface area contributed by atoms with Crippen molar-refractivity contribution >= 4 is 17.6 Å². The highest BCUT2D eigenvalue weighted by Crippen LogP contribution is 2.23. The van der Waals surface area contributed by atoms with Gasteiger partial charge in [0.15, 0.2) is 6.10 Å². The Bertz CT molecular complexity index is 992. The van der Waals surface area contributed by atoms with Crippen LogP contribution in [-0.2, 0) is 20.9 Å². The Morgan fingerprint density at radius 3 is 2.56 bits per heavy atom. The van der Waals surface area contributed by atoms with Gasteiger partial charge in [-0.25, -0.2) is 9.48 Å². The number of nitrogens with zero attached hydrogens (tertiary/aromatic N) is 3. The topological polar surface area (TPSA) is 213 Å². The SMILES string of the molecule is Nc1ccc(-c2cn(CC(=O)N[C@H]3[C@H]([C@H](O)[C@H](O)CO)OC(C(=O)O)=C[C@@H]3O)nn2)cc1. The molecule has 0 fully saturated rings. The van der Waals surface area contributed by atoms with E-state index in [0.717, 1.165) is 11.6 Å². The zero-order valence-electron chi connectivity index (χ0n) is 16.6. The van der Waals surface area contributed by atoms with Gasteiger partial charge < -0.3 is 41.3 Å². The lowest BCUT2D eigenvalue weighted by Crippen LogP contribution is -2.60. The van der Waals surface area contributed by atoms with Crippen molar-refractivity contribution in [2.24, 2.45) is 0 Å². The van der Waals surface area contributed by atoms with Gasteiger partial charge in [-0.1, -0.05) is 17.3 Å². The van der Waals surface area contributed by atoms with Crippen LogP contribution in [0.15, 0.2) is 42.3 Å². The first-order chi connectivity index (χ1) is 15.2. The average molecular weight is 449 g/mol. The van der Waals surface area contributed by atoms with E-state index < -0.39 is 54.7 Å². The van der Waals surface area contributed by atoms with Crippen LogP contribution in [0, 0.1) is 0 Å². The Kier molecular flexibility index (Phi) is 7.05. The summed E-state index contributed by atoms with van der Waals surface area (Å²) in [7, 11) is 0.